The van der Waals surface area contributed by atoms with Crippen LogP contribution in [0.3, 0.4) is 0 Å². The van der Waals surface area contributed by atoms with Gasteiger partial charge in [-0.1, -0.05) is 18.2 Å². The number of benzene rings is 1. The number of amides is 1. The van der Waals surface area contributed by atoms with Gasteiger partial charge in [-0.2, -0.15) is 0 Å². The average molecular weight is 330 g/mol. The zero-order chi connectivity index (χ0) is 14.1. The van der Waals surface area contributed by atoms with Crippen LogP contribution in [0.25, 0.3) is 10.9 Å². The monoisotopic (exact) mass is 329 g/mol. The molecule has 3 aromatic rings. The molecule has 100 valence electrons. The number of aryl methyl sites for hydroxylation is 1. The first-order chi connectivity index (χ1) is 9.65. The maximum atomic E-state index is 12.3. The standard InChI is InChI=1S/C15H12BrN3O/c1-9-6-10(7-18-14(9)16)19-15(20)12-8-17-13-5-3-2-4-11(12)13/h2-8,17H,1H3,(H,19,20). The van der Waals surface area contributed by atoms with Crippen LogP contribution < -0.4 is 5.32 Å². The number of pyridine rings is 1. The van der Waals surface area contributed by atoms with E-state index in [4.69, 9.17) is 0 Å². The van der Waals surface area contributed by atoms with E-state index >= 15 is 0 Å². The van der Waals surface area contributed by atoms with Gasteiger partial charge in [0.1, 0.15) is 4.60 Å². The van der Waals surface area contributed by atoms with Crippen LogP contribution in [-0.2, 0) is 0 Å². The molecule has 2 heterocycles. The second-order valence-electron chi connectivity index (χ2n) is 4.53. The molecule has 2 N–H and O–H groups in total. The normalized spacial score (nSPS) is 10.7. The number of fused-ring (bicyclic) bond motifs is 1. The number of aromatic amines is 1. The van der Waals surface area contributed by atoms with Crippen LogP contribution >= 0.6 is 15.9 Å². The zero-order valence-electron chi connectivity index (χ0n) is 10.8. The minimum Gasteiger partial charge on any atom is -0.360 e. The Hall–Kier alpha value is -2.14. The summed E-state index contributed by atoms with van der Waals surface area (Å²) in [5.41, 5.74) is 3.23. The number of para-hydroxylation sites is 1. The summed E-state index contributed by atoms with van der Waals surface area (Å²) >= 11 is 3.34. The quantitative estimate of drug-likeness (QED) is 0.701. The third-order valence-electron chi connectivity index (χ3n) is 3.11. The summed E-state index contributed by atoms with van der Waals surface area (Å²) in [6.45, 7) is 1.93. The van der Waals surface area contributed by atoms with Gasteiger partial charge in [-0.05, 0) is 40.5 Å². The Morgan fingerprint density at radius 1 is 1.35 bits per heavy atom. The maximum Gasteiger partial charge on any atom is 0.257 e. The molecule has 0 aliphatic rings. The third-order valence-corrected chi connectivity index (χ3v) is 3.94. The molecule has 0 atom stereocenters. The van der Waals surface area contributed by atoms with E-state index in [1.165, 1.54) is 0 Å². The summed E-state index contributed by atoms with van der Waals surface area (Å²) in [4.78, 5) is 19.6. The molecule has 0 saturated carbocycles. The van der Waals surface area contributed by atoms with Crippen molar-refractivity contribution in [2.75, 3.05) is 5.32 Å². The van der Waals surface area contributed by atoms with Crippen LogP contribution in [-0.4, -0.2) is 15.9 Å². The van der Waals surface area contributed by atoms with Crippen molar-refractivity contribution < 1.29 is 4.79 Å². The molecular formula is C15H12BrN3O. The van der Waals surface area contributed by atoms with E-state index in [2.05, 4.69) is 31.2 Å². The van der Waals surface area contributed by atoms with E-state index in [1.54, 1.807) is 12.4 Å². The number of aromatic nitrogens is 2. The highest BCUT2D eigenvalue weighted by atomic mass is 79.9. The highest BCUT2D eigenvalue weighted by Gasteiger charge is 2.12. The Morgan fingerprint density at radius 3 is 2.95 bits per heavy atom. The van der Waals surface area contributed by atoms with Gasteiger partial charge < -0.3 is 10.3 Å². The number of hydrogen-bond donors (Lipinski definition) is 2. The van der Waals surface area contributed by atoms with Gasteiger partial charge in [0.2, 0.25) is 0 Å². The first kappa shape index (κ1) is 12.9. The molecule has 3 rings (SSSR count). The van der Waals surface area contributed by atoms with E-state index < -0.39 is 0 Å². The Labute approximate surface area is 124 Å². The van der Waals surface area contributed by atoms with Crippen molar-refractivity contribution in [2.45, 2.75) is 6.92 Å². The number of H-pyrrole nitrogens is 1. The summed E-state index contributed by atoms with van der Waals surface area (Å²) in [7, 11) is 0. The lowest BCUT2D eigenvalue weighted by Crippen LogP contribution is -2.11. The summed E-state index contributed by atoms with van der Waals surface area (Å²) < 4.78 is 0.780. The van der Waals surface area contributed by atoms with E-state index in [-0.39, 0.29) is 5.91 Å². The van der Waals surface area contributed by atoms with Gasteiger partial charge in [0.25, 0.3) is 5.91 Å². The second kappa shape index (κ2) is 5.09. The zero-order valence-corrected chi connectivity index (χ0v) is 12.4. The van der Waals surface area contributed by atoms with Crippen molar-refractivity contribution in [2.24, 2.45) is 0 Å². The molecule has 0 spiro atoms. The number of hydrogen-bond acceptors (Lipinski definition) is 2. The SMILES string of the molecule is Cc1cc(NC(=O)c2c[nH]c3ccccc23)cnc1Br. The predicted molar refractivity (Wildman–Crippen MR) is 82.9 cm³/mol. The first-order valence-electron chi connectivity index (χ1n) is 6.15. The summed E-state index contributed by atoms with van der Waals surface area (Å²) in [5, 5.41) is 3.77. The molecule has 0 aliphatic carbocycles. The molecule has 0 radical (unpaired) electrons. The molecule has 0 unspecified atom stereocenters. The predicted octanol–water partition coefficient (Wildman–Crippen LogP) is 3.89. The van der Waals surface area contributed by atoms with Gasteiger partial charge in [0, 0.05) is 17.1 Å². The average Bonchev–Trinajstić information content (AvgIpc) is 2.87. The molecule has 0 fully saturated rings. The smallest absolute Gasteiger partial charge is 0.257 e. The van der Waals surface area contributed by atoms with Crippen molar-refractivity contribution in [3.63, 3.8) is 0 Å². The van der Waals surface area contributed by atoms with Crippen LogP contribution in [0, 0.1) is 6.92 Å². The minimum atomic E-state index is -0.147. The second-order valence-corrected chi connectivity index (χ2v) is 5.28. The summed E-state index contributed by atoms with van der Waals surface area (Å²) in [6, 6.07) is 9.59. The van der Waals surface area contributed by atoms with Gasteiger partial charge in [0.05, 0.1) is 17.4 Å². The van der Waals surface area contributed by atoms with Crippen LogP contribution in [0.15, 0.2) is 47.3 Å². The molecule has 1 amide bonds. The first-order valence-corrected chi connectivity index (χ1v) is 6.94. The lowest BCUT2D eigenvalue weighted by atomic mass is 10.1. The molecule has 1 aromatic carbocycles. The largest absolute Gasteiger partial charge is 0.360 e. The molecule has 0 saturated heterocycles. The van der Waals surface area contributed by atoms with E-state index in [9.17, 15) is 4.79 Å². The van der Waals surface area contributed by atoms with E-state index in [0.29, 0.717) is 11.3 Å². The number of carbonyl (C=O) groups excluding carboxylic acids is 1. The molecule has 4 nitrogen and oxygen atoms in total. The Kier molecular flexibility index (Phi) is 3.28. The number of halogens is 1. The Bertz CT molecular complexity index is 795. The van der Waals surface area contributed by atoms with Gasteiger partial charge in [-0.25, -0.2) is 4.98 Å². The van der Waals surface area contributed by atoms with Crippen molar-refractivity contribution >= 4 is 38.4 Å². The van der Waals surface area contributed by atoms with Crippen LogP contribution in [0.5, 0.6) is 0 Å². The fourth-order valence-electron chi connectivity index (χ4n) is 2.08. The van der Waals surface area contributed by atoms with Crippen LogP contribution in [0.1, 0.15) is 15.9 Å². The Balaban J connectivity index is 1.91. The fourth-order valence-corrected chi connectivity index (χ4v) is 2.30. The van der Waals surface area contributed by atoms with Crippen molar-refractivity contribution in [1.82, 2.24) is 9.97 Å². The molecule has 20 heavy (non-hydrogen) atoms. The maximum absolute atomic E-state index is 12.3. The molecule has 0 bridgehead atoms. The number of nitrogens with zero attached hydrogens (tertiary/aromatic N) is 1. The number of carbonyl (C=O) groups is 1. The van der Waals surface area contributed by atoms with Crippen molar-refractivity contribution in [3.8, 4) is 0 Å². The van der Waals surface area contributed by atoms with E-state index in [0.717, 1.165) is 21.1 Å². The van der Waals surface area contributed by atoms with Gasteiger partial charge in [-0.3, -0.25) is 4.79 Å². The fraction of sp³-hybridized carbons (Fsp3) is 0.0667. The molecule has 2 aromatic heterocycles. The number of rotatable bonds is 2. The highest BCUT2D eigenvalue weighted by molar-refractivity contribution is 9.10. The van der Waals surface area contributed by atoms with E-state index in [1.807, 2.05) is 37.3 Å². The highest BCUT2D eigenvalue weighted by Crippen LogP contribution is 2.20. The van der Waals surface area contributed by atoms with Gasteiger partial charge >= 0.3 is 0 Å². The Morgan fingerprint density at radius 2 is 2.15 bits per heavy atom. The summed E-state index contributed by atoms with van der Waals surface area (Å²) in [5.74, 6) is -0.147. The lowest BCUT2D eigenvalue weighted by molar-refractivity contribution is 0.102. The van der Waals surface area contributed by atoms with Crippen LogP contribution in [0.2, 0.25) is 0 Å². The molecule has 0 aliphatic heterocycles. The molecular weight excluding hydrogens is 318 g/mol. The molecule has 5 heteroatoms. The number of anilines is 1. The van der Waals surface area contributed by atoms with Crippen LogP contribution in [0.4, 0.5) is 5.69 Å². The lowest BCUT2D eigenvalue weighted by Gasteiger charge is -2.05. The third kappa shape index (κ3) is 2.32. The summed E-state index contributed by atoms with van der Waals surface area (Å²) in [6.07, 6.45) is 3.35. The minimum absolute atomic E-state index is 0.147. The van der Waals surface area contributed by atoms with Gasteiger partial charge in [0.15, 0.2) is 0 Å². The number of nitrogens with one attached hydrogen (secondary N) is 2. The van der Waals surface area contributed by atoms with Crippen molar-refractivity contribution in [1.29, 1.82) is 0 Å². The topological polar surface area (TPSA) is 57.8 Å². The van der Waals surface area contributed by atoms with Crippen molar-refractivity contribution in [3.05, 3.63) is 58.5 Å². The van der Waals surface area contributed by atoms with Gasteiger partial charge in [-0.15, -0.1) is 0 Å².